The van der Waals surface area contributed by atoms with E-state index in [1.807, 2.05) is 36.5 Å². The Morgan fingerprint density at radius 3 is 2.62 bits per heavy atom. The molecule has 4 rings (SSSR count). The Labute approximate surface area is 171 Å². The van der Waals surface area contributed by atoms with Gasteiger partial charge in [-0.25, -0.2) is 0 Å². The van der Waals surface area contributed by atoms with Gasteiger partial charge in [-0.05, 0) is 42.7 Å². The molecule has 0 radical (unpaired) electrons. The lowest BCUT2D eigenvalue weighted by Crippen LogP contribution is -2.20. The maximum absolute atomic E-state index is 6.14. The van der Waals surface area contributed by atoms with Crippen molar-refractivity contribution < 1.29 is 9.15 Å². The van der Waals surface area contributed by atoms with Crippen LogP contribution >= 0.6 is 0 Å². The van der Waals surface area contributed by atoms with Crippen molar-refractivity contribution >= 4 is 11.0 Å². The maximum atomic E-state index is 6.14. The van der Waals surface area contributed by atoms with Gasteiger partial charge in [0.1, 0.15) is 23.7 Å². The lowest BCUT2D eigenvalue weighted by atomic mass is 10.1. The molecule has 29 heavy (non-hydrogen) atoms. The second-order valence-corrected chi connectivity index (χ2v) is 7.15. The Bertz CT molecular complexity index is 1040. The minimum Gasteiger partial charge on any atom is -0.491 e. The Morgan fingerprint density at radius 2 is 1.79 bits per heavy atom. The van der Waals surface area contributed by atoms with Gasteiger partial charge < -0.3 is 14.5 Å². The fourth-order valence-corrected chi connectivity index (χ4v) is 3.54. The minimum atomic E-state index is 0.601. The van der Waals surface area contributed by atoms with Crippen molar-refractivity contribution in [2.45, 2.75) is 26.3 Å². The lowest BCUT2D eigenvalue weighted by Gasteiger charge is -2.09. The van der Waals surface area contributed by atoms with Crippen LogP contribution in [0, 0.1) is 6.92 Å². The Hall–Kier alpha value is -3.11. The molecule has 0 fully saturated rings. The van der Waals surface area contributed by atoms with Crippen molar-refractivity contribution in [3.63, 3.8) is 0 Å². The second kappa shape index (κ2) is 9.39. The van der Waals surface area contributed by atoms with Crippen molar-refractivity contribution in [2.75, 3.05) is 13.2 Å². The molecule has 0 bridgehead atoms. The van der Waals surface area contributed by atoms with Gasteiger partial charge in [-0.2, -0.15) is 0 Å². The molecule has 0 aliphatic heterocycles. The second-order valence-electron chi connectivity index (χ2n) is 7.15. The summed E-state index contributed by atoms with van der Waals surface area (Å²) in [6, 6.07) is 20.6. The third-order valence-electron chi connectivity index (χ3n) is 5.09. The van der Waals surface area contributed by atoms with Crippen LogP contribution in [0.1, 0.15) is 22.5 Å². The van der Waals surface area contributed by atoms with Gasteiger partial charge in [-0.3, -0.25) is 4.98 Å². The van der Waals surface area contributed by atoms with E-state index in [1.165, 1.54) is 16.7 Å². The molecule has 4 aromatic rings. The Morgan fingerprint density at radius 1 is 0.931 bits per heavy atom. The van der Waals surface area contributed by atoms with Crippen LogP contribution in [-0.4, -0.2) is 18.1 Å². The molecule has 0 spiro atoms. The molecule has 0 saturated heterocycles. The van der Waals surface area contributed by atoms with Gasteiger partial charge in [-0.1, -0.05) is 42.5 Å². The number of aryl methyl sites for hydroxylation is 3. The lowest BCUT2D eigenvalue weighted by molar-refractivity contribution is 0.317. The zero-order valence-electron chi connectivity index (χ0n) is 16.7. The summed E-state index contributed by atoms with van der Waals surface area (Å²) in [6.07, 6.45) is 5.52. The first-order chi connectivity index (χ1) is 14.3. The largest absolute Gasteiger partial charge is 0.491 e. The summed E-state index contributed by atoms with van der Waals surface area (Å²) in [6.45, 7) is 4.28. The molecule has 2 aromatic carbocycles. The van der Waals surface area contributed by atoms with Crippen molar-refractivity contribution in [3.8, 4) is 5.75 Å². The quantitative estimate of drug-likeness (QED) is 0.407. The first kappa shape index (κ1) is 19.2. The van der Waals surface area contributed by atoms with Gasteiger partial charge in [0.15, 0.2) is 0 Å². The van der Waals surface area contributed by atoms with Gasteiger partial charge in [0, 0.05) is 37.5 Å². The molecule has 2 heterocycles. The number of aromatic nitrogens is 1. The van der Waals surface area contributed by atoms with Gasteiger partial charge in [-0.15, -0.1) is 0 Å². The number of furan rings is 1. The summed E-state index contributed by atoms with van der Waals surface area (Å²) in [5, 5.41) is 4.48. The van der Waals surface area contributed by atoms with Gasteiger partial charge >= 0.3 is 0 Å². The molecular weight excluding hydrogens is 360 g/mol. The van der Waals surface area contributed by atoms with E-state index in [9.17, 15) is 0 Å². The van der Waals surface area contributed by atoms with Crippen molar-refractivity contribution in [1.82, 2.24) is 10.3 Å². The van der Waals surface area contributed by atoms with E-state index in [2.05, 4.69) is 47.6 Å². The number of rotatable bonds is 9. The molecule has 0 aliphatic carbocycles. The van der Waals surface area contributed by atoms with Gasteiger partial charge in [0.2, 0.25) is 0 Å². The number of fused-ring (bicyclic) bond motifs is 1. The number of nitrogens with one attached hydrogen (secondary N) is 1. The number of benzene rings is 2. The van der Waals surface area contributed by atoms with Crippen LogP contribution in [0.25, 0.3) is 11.0 Å². The number of pyridine rings is 1. The fraction of sp³-hybridized carbons (Fsp3) is 0.240. The van der Waals surface area contributed by atoms with E-state index in [1.54, 1.807) is 6.20 Å². The molecule has 2 aromatic heterocycles. The van der Waals surface area contributed by atoms with Crippen LogP contribution in [-0.2, 0) is 19.4 Å². The minimum absolute atomic E-state index is 0.601. The number of ether oxygens (including phenoxy) is 1. The summed E-state index contributed by atoms with van der Waals surface area (Å²) in [5.41, 5.74) is 4.56. The third-order valence-corrected chi connectivity index (χ3v) is 5.09. The zero-order chi connectivity index (χ0) is 19.9. The molecule has 0 amide bonds. The van der Waals surface area contributed by atoms with Gasteiger partial charge in [0.05, 0.1) is 5.39 Å². The van der Waals surface area contributed by atoms with Crippen LogP contribution in [0.2, 0.25) is 0 Å². The first-order valence-corrected chi connectivity index (χ1v) is 10.1. The summed E-state index contributed by atoms with van der Waals surface area (Å²) < 4.78 is 12.2. The normalized spacial score (nSPS) is 11.1. The average Bonchev–Trinajstić information content (AvgIpc) is 3.10. The molecular formula is C25H26N2O2. The maximum Gasteiger partial charge on any atom is 0.138 e. The number of hydrogen-bond donors (Lipinski definition) is 1. The summed E-state index contributed by atoms with van der Waals surface area (Å²) in [7, 11) is 0. The van der Waals surface area contributed by atoms with Crippen LogP contribution in [0.4, 0.5) is 0 Å². The first-order valence-electron chi connectivity index (χ1n) is 10.1. The van der Waals surface area contributed by atoms with E-state index in [0.29, 0.717) is 6.61 Å². The van der Waals surface area contributed by atoms with Crippen molar-refractivity contribution in [1.29, 1.82) is 0 Å². The average molecular weight is 386 g/mol. The standard InChI is InChI=1S/C25H26N2O2/c1-19-22(13-12-20-7-3-2-4-8-20)29-24-11-5-10-23(25(19)24)28-16-15-27-18-21-9-6-14-26-17-21/h2-11,14,17,27H,12-13,15-16,18H2,1H3. The number of hydrogen-bond acceptors (Lipinski definition) is 4. The van der Waals surface area contributed by atoms with E-state index < -0.39 is 0 Å². The van der Waals surface area contributed by atoms with E-state index in [4.69, 9.17) is 9.15 Å². The van der Waals surface area contributed by atoms with Crippen molar-refractivity contribution in [2.24, 2.45) is 0 Å². The molecule has 1 N–H and O–H groups in total. The SMILES string of the molecule is Cc1c(CCc2ccccc2)oc2cccc(OCCNCc3cccnc3)c12. The van der Waals surface area contributed by atoms with Crippen LogP contribution in [0.3, 0.4) is 0 Å². The molecule has 0 unspecified atom stereocenters. The van der Waals surface area contributed by atoms with E-state index >= 15 is 0 Å². The van der Waals surface area contributed by atoms with Gasteiger partial charge in [0.25, 0.3) is 0 Å². The topological polar surface area (TPSA) is 47.3 Å². The highest BCUT2D eigenvalue weighted by atomic mass is 16.5. The smallest absolute Gasteiger partial charge is 0.138 e. The highest BCUT2D eigenvalue weighted by molar-refractivity contribution is 5.88. The van der Waals surface area contributed by atoms with Crippen molar-refractivity contribution in [3.05, 3.63) is 95.5 Å². The molecule has 148 valence electrons. The van der Waals surface area contributed by atoms with Crippen LogP contribution < -0.4 is 10.1 Å². The summed E-state index contributed by atoms with van der Waals surface area (Å²) in [5.74, 6) is 1.92. The highest BCUT2D eigenvalue weighted by Gasteiger charge is 2.14. The third kappa shape index (κ3) is 4.84. The Kier molecular flexibility index (Phi) is 6.22. The van der Waals surface area contributed by atoms with Crippen LogP contribution in [0.15, 0.2) is 77.5 Å². The van der Waals surface area contributed by atoms with Crippen LogP contribution in [0.5, 0.6) is 5.75 Å². The Balaban J connectivity index is 1.37. The molecule has 4 heteroatoms. The molecule has 0 saturated carbocycles. The highest BCUT2D eigenvalue weighted by Crippen LogP contribution is 2.33. The molecule has 4 nitrogen and oxygen atoms in total. The molecule has 0 atom stereocenters. The van der Waals surface area contributed by atoms with E-state index in [0.717, 1.165) is 48.4 Å². The summed E-state index contributed by atoms with van der Waals surface area (Å²) >= 11 is 0. The van der Waals surface area contributed by atoms with E-state index in [-0.39, 0.29) is 0 Å². The monoisotopic (exact) mass is 386 g/mol. The predicted molar refractivity (Wildman–Crippen MR) is 116 cm³/mol. The summed E-state index contributed by atoms with van der Waals surface area (Å²) in [4.78, 5) is 4.13. The predicted octanol–water partition coefficient (Wildman–Crippen LogP) is 5.09. The fourth-order valence-electron chi connectivity index (χ4n) is 3.54. The zero-order valence-corrected chi connectivity index (χ0v) is 16.7. The molecule has 0 aliphatic rings. The number of nitrogens with zero attached hydrogens (tertiary/aromatic N) is 1.